The van der Waals surface area contributed by atoms with Crippen LogP contribution in [0, 0.1) is 0 Å². The first-order valence-electron chi connectivity index (χ1n) is 6.24. The van der Waals surface area contributed by atoms with E-state index in [1.54, 1.807) is 6.20 Å². The lowest BCUT2D eigenvalue weighted by atomic mass is 9.79. The van der Waals surface area contributed by atoms with Gasteiger partial charge in [-0.05, 0) is 25.0 Å². The first-order valence-corrected chi connectivity index (χ1v) is 7.04. The average Bonchev–Trinajstić information content (AvgIpc) is 2.83. The van der Waals surface area contributed by atoms with Crippen molar-refractivity contribution < 1.29 is 14.6 Å². The van der Waals surface area contributed by atoms with E-state index in [9.17, 15) is 5.11 Å². The SMILES string of the molecule is OC1(c2cc(Br)ccn2)CCC2(CC1)OCCO2. The fraction of sp³-hybridized carbons (Fsp3) is 0.615. The third-order valence-electron chi connectivity index (χ3n) is 3.85. The Kier molecular flexibility index (Phi) is 3.18. The highest BCUT2D eigenvalue weighted by molar-refractivity contribution is 9.10. The maximum absolute atomic E-state index is 10.7. The van der Waals surface area contributed by atoms with E-state index in [1.165, 1.54) is 0 Å². The minimum absolute atomic E-state index is 0.446. The molecule has 2 fully saturated rings. The zero-order valence-electron chi connectivity index (χ0n) is 10.1. The molecule has 1 aliphatic carbocycles. The zero-order valence-corrected chi connectivity index (χ0v) is 11.6. The summed E-state index contributed by atoms with van der Waals surface area (Å²) < 4.78 is 12.3. The number of halogens is 1. The second-order valence-corrected chi connectivity index (χ2v) is 5.91. The first kappa shape index (κ1) is 12.5. The van der Waals surface area contributed by atoms with Gasteiger partial charge in [0.25, 0.3) is 0 Å². The van der Waals surface area contributed by atoms with Gasteiger partial charge in [-0.3, -0.25) is 4.98 Å². The van der Waals surface area contributed by atoms with Gasteiger partial charge in [-0.15, -0.1) is 0 Å². The van der Waals surface area contributed by atoms with Gasteiger partial charge in [0, 0.05) is 23.5 Å². The summed E-state index contributed by atoms with van der Waals surface area (Å²) in [6.07, 6.45) is 4.40. The molecule has 1 aromatic heterocycles. The van der Waals surface area contributed by atoms with Gasteiger partial charge in [-0.2, -0.15) is 0 Å². The van der Waals surface area contributed by atoms with Crippen molar-refractivity contribution in [1.29, 1.82) is 0 Å². The highest BCUT2D eigenvalue weighted by Crippen LogP contribution is 2.44. The van der Waals surface area contributed by atoms with Gasteiger partial charge in [0.1, 0.15) is 5.60 Å². The summed E-state index contributed by atoms with van der Waals surface area (Å²) in [5, 5.41) is 10.7. The van der Waals surface area contributed by atoms with Gasteiger partial charge >= 0.3 is 0 Å². The number of nitrogens with zero attached hydrogens (tertiary/aromatic N) is 1. The van der Waals surface area contributed by atoms with E-state index in [-0.39, 0.29) is 0 Å². The van der Waals surface area contributed by atoms with Crippen molar-refractivity contribution in [3.8, 4) is 0 Å². The van der Waals surface area contributed by atoms with Crippen LogP contribution in [0.15, 0.2) is 22.8 Å². The highest BCUT2D eigenvalue weighted by atomic mass is 79.9. The van der Waals surface area contributed by atoms with Crippen LogP contribution < -0.4 is 0 Å². The fourth-order valence-corrected chi connectivity index (χ4v) is 3.08. The number of ether oxygens (including phenoxy) is 2. The van der Waals surface area contributed by atoms with E-state index in [1.807, 2.05) is 12.1 Å². The fourth-order valence-electron chi connectivity index (χ4n) is 2.75. The van der Waals surface area contributed by atoms with Crippen LogP contribution in [0.25, 0.3) is 0 Å². The lowest BCUT2D eigenvalue weighted by Gasteiger charge is -2.40. The molecule has 0 aromatic carbocycles. The minimum atomic E-state index is -0.857. The zero-order chi connectivity index (χ0) is 12.6. The summed E-state index contributed by atoms with van der Waals surface area (Å²) in [5.74, 6) is -0.446. The molecule has 1 aromatic rings. The molecular formula is C13H16BrNO3. The Morgan fingerprint density at radius 1 is 1.17 bits per heavy atom. The molecule has 4 nitrogen and oxygen atoms in total. The number of pyridine rings is 1. The van der Waals surface area contributed by atoms with Crippen molar-refractivity contribution in [3.05, 3.63) is 28.5 Å². The van der Waals surface area contributed by atoms with E-state index < -0.39 is 11.4 Å². The Labute approximate surface area is 114 Å². The molecule has 1 saturated carbocycles. The maximum atomic E-state index is 10.7. The Bertz CT molecular complexity index is 436. The van der Waals surface area contributed by atoms with Crippen LogP contribution in [0.3, 0.4) is 0 Å². The standard InChI is InChI=1S/C13H16BrNO3/c14-10-1-6-15-11(9-10)12(16)2-4-13(5-3-12)17-7-8-18-13/h1,6,9,16H,2-5,7-8H2. The molecule has 1 spiro atoms. The summed E-state index contributed by atoms with van der Waals surface area (Å²) in [6.45, 7) is 1.32. The molecule has 0 radical (unpaired) electrons. The molecule has 0 amide bonds. The summed E-state index contributed by atoms with van der Waals surface area (Å²) in [6, 6.07) is 3.74. The largest absolute Gasteiger partial charge is 0.384 e. The van der Waals surface area contributed by atoms with Gasteiger partial charge in [0.05, 0.1) is 18.9 Å². The van der Waals surface area contributed by atoms with Crippen LogP contribution in [-0.4, -0.2) is 29.1 Å². The lowest BCUT2D eigenvalue weighted by Crippen LogP contribution is -2.42. The van der Waals surface area contributed by atoms with Crippen LogP contribution >= 0.6 is 15.9 Å². The summed E-state index contributed by atoms with van der Waals surface area (Å²) in [5.41, 5.74) is -0.130. The Morgan fingerprint density at radius 3 is 2.44 bits per heavy atom. The van der Waals surface area contributed by atoms with Crippen molar-refractivity contribution in [3.63, 3.8) is 0 Å². The quantitative estimate of drug-likeness (QED) is 0.864. The van der Waals surface area contributed by atoms with Crippen molar-refractivity contribution >= 4 is 15.9 Å². The predicted molar refractivity (Wildman–Crippen MR) is 68.9 cm³/mol. The van der Waals surface area contributed by atoms with Crippen LogP contribution in [0.1, 0.15) is 31.4 Å². The average molecular weight is 314 g/mol. The lowest BCUT2D eigenvalue weighted by molar-refractivity contribution is -0.204. The van der Waals surface area contributed by atoms with E-state index in [4.69, 9.17) is 9.47 Å². The summed E-state index contributed by atoms with van der Waals surface area (Å²) >= 11 is 3.41. The molecule has 0 bridgehead atoms. The third-order valence-corrected chi connectivity index (χ3v) is 4.34. The molecule has 18 heavy (non-hydrogen) atoms. The van der Waals surface area contributed by atoms with Crippen molar-refractivity contribution in [2.75, 3.05) is 13.2 Å². The number of hydrogen-bond acceptors (Lipinski definition) is 4. The van der Waals surface area contributed by atoms with Gasteiger partial charge < -0.3 is 14.6 Å². The smallest absolute Gasteiger partial charge is 0.168 e. The van der Waals surface area contributed by atoms with Crippen molar-refractivity contribution in [1.82, 2.24) is 4.98 Å². The Morgan fingerprint density at radius 2 is 1.83 bits per heavy atom. The van der Waals surface area contributed by atoms with Gasteiger partial charge in [-0.1, -0.05) is 15.9 Å². The highest BCUT2D eigenvalue weighted by Gasteiger charge is 2.46. The molecule has 2 heterocycles. The molecule has 3 rings (SSSR count). The van der Waals surface area contributed by atoms with E-state index in [2.05, 4.69) is 20.9 Å². The summed E-state index contributed by atoms with van der Waals surface area (Å²) in [7, 11) is 0. The van der Waals surface area contributed by atoms with Gasteiger partial charge in [0.2, 0.25) is 0 Å². The molecule has 1 aliphatic heterocycles. The minimum Gasteiger partial charge on any atom is -0.384 e. The van der Waals surface area contributed by atoms with Crippen LogP contribution in [-0.2, 0) is 15.1 Å². The maximum Gasteiger partial charge on any atom is 0.168 e. The van der Waals surface area contributed by atoms with E-state index in [0.717, 1.165) is 23.0 Å². The number of aliphatic hydroxyl groups is 1. The van der Waals surface area contributed by atoms with Crippen molar-refractivity contribution in [2.24, 2.45) is 0 Å². The Balaban J connectivity index is 1.78. The number of rotatable bonds is 1. The monoisotopic (exact) mass is 313 g/mol. The predicted octanol–water partition coefficient (Wildman–Crippen LogP) is 2.35. The first-order chi connectivity index (χ1) is 8.62. The van der Waals surface area contributed by atoms with Crippen LogP contribution in [0.4, 0.5) is 0 Å². The normalized spacial score (nSPS) is 25.4. The van der Waals surface area contributed by atoms with E-state index in [0.29, 0.717) is 26.1 Å². The Hall–Kier alpha value is -0.490. The second kappa shape index (κ2) is 4.56. The topological polar surface area (TPSA) is 51.6 Å². The van der Waals surface area contributed by atoms with Gasteiger partial charge in [0.15, 0.2) is 5.79 Å². The molecule has 1 saturated heterocycles. The summed E-state index contributed by atoms with van der Waals surface area (Å²) in [4.78, 5) is 4.29. The molecule has 1 N–H and O–H groups in total. The molecule has 2 aliphatic rings. The van der Waals surface area contributed by atoms with Crippen molar-refractivity contribution in [2.45, 2.75) is 37.1 Å². The number of hydrogen-bond donors (Lipinski definition) is 1. The molecule has 98 valence electrons. The molecular weight excluding hydrogens is 298 g/mol. The third kappa shape index (κ3) is 2.20. The van der Waals surface area contributed by atoms with Gasteiger partial charge in [-0.25, -0.2) is 0 Å². The molecule has 5 heteroatoms. The van der Waals surface area contributed by atoms with Crippen LogP contribution in [0.2, 0.25) is 0 Å². The van der Waals surface area contributed by atoms with E-state index >= 15 is 0 Å². The number of aromatic nitrogens is 1. The van der Waals surface area contributed by atoms with Crippen LogP contribution in [0.5, 0.6) is 0 Å². The second-order valence-electron chi connectivity index (χ2n) is 5.00. The molecule has 0 unspecified atom stereocenters. The molecule has 0 atom stereocenters.